The molecule has 2 aromatic rings. The van der Waals surface area contributed by atoms with Crippen molar-refractivity contribution in [3.8, 4) is 0 Å². The summed E-state index contributed by atoms with van der Waals surface area (Å²) in [6.45, 7) is 2.64. The second kappa shape index (κ2) is 6.28. The van der Waals surface area contributed by atoms with E-state index in [0.29, 0.717) is 11.5 Å². The van der Waals surface area contributed by atoms with Crippen LogP contribution in [0.4, 0.5) is 4.39 Å². The van der Waals surface area contributed by atoms with Gasteiger partial charge in [0.15, 0.2) is 0 Å². The lowest BCUT2D eigenvalue weighted by atomic mass is 9.99. The van der Waals surface area contributed by atoms with Crippen molar-refractivity contribution >= 4 is 5.97 Å². The largest absolute Gasteiger partial charge is 0.478 e. The van der Waals surface area contributed by atoms with Crippen LogP contribution in [0.1, 0.15) is 33.8 Å². The van der Waals surface area contributed by atoms with Gasteiger partial charge in [0.2, 0.25) is 0 Å². The number of halogens is 1. The summed E-state index contributed by atoms with van der Waals surface area (Å²) in [5.41, 5.74) is 2.51. The summed E-state index contributed by atoms with van der Waals surface area (Å²) in [5, 5.41) is 9.04. The van der Waals surface area contributed by atoms with Gasteiger partial charge >= 0.3 is 5.97 Å². The van der Waals surface area contributed by atoms with Crippen molar-refractivity contribution in [3.63, 3.8) is 0 Å². The summed E-state index contributed by atoms with van der Waals surface area (Å²) in [5.74, 6) is -0.681. The van der Waals surface area contributed by atoms with E-state index in [0.717, 1.165) is 31.6 Å². The van der Waals surface area contributed by atoms with E-state index < -0.39 is 5.97 Å². The molecule has 1 aliphatic heterocycles. The van der Waals surface area contributed by atoms with Crippen molar-refractivity contribution in [2.75, 3.05) is 13.1 Å². The van der Waals surface area contributed by atoms with Gasteiger partial charge in [-0.2, -0.15) is 0 Å². The summed E-state index contributed by atoms with van der Waals surface area (Å²) in [6.07, 6.45) is 1.05. The fourth-order valence-corrected chi connectivity index (χ4v) is 3.04. The van der Waals surface area contributed by atoms with Crippen LogP contribution >= 0.6 is 0 Å². The molecule has 0 aliphatic carbocycles. The van der Waals surface area contributed by atoms with Crippen LogP contribution in [0.25, 0.3) is 0 Å². The fourth-order valence-electron chi connectivity index (χ4n) is 3.04. The van der Waals surface area contributed by atoms with Crippen LogP contribution in [0.15, 0.2) is 48.5 Å². The van der Waals surface area contributed by atoms with Gasteiger partial charge in [-0.3, -0.25) is 4.90 Å². The number of hydrogen-bond donors (Lipinski definition) is 1. The third-order valence-corrected chi connectivity index (χ3v) is 4.19. The SMILES string of the molecule is O=C(O)c1cccc(CN2CCC(c3ccc(F)cc3)C2)c1. The Labute approximate surface area is 129 Å². The van der Waals surface area contributed by atoms with Crippen molar-refractivity contribution in [1.29, 1.82) is 0 Å². The van der Waals surface area contributed by atoms with E-state index in [1.807, 2.05) is 18.2 Å². The molecule has 0 bridgehead atoms. The average molecular weight is 299 g/mol. The van der Waals surface area contributed by atoms with Gasteiger partial charge in [0, 0.05) is 13.1 Å². The highest BCUT2D eigenvalue weighted by Gasteiger charge is 2.23. The van der Waals surface area contributed by atoms with Crippen molar-refractivity contribution in [2.24, 2.45) is 0 Å². The molecule has 1 atom stereocenters. The second-order valence-electron chi connectivity index (χ2n) is 5.78. The Morgan fingerprint density at radius 2 is 2.00 bits per heavy atom. The van der Waals surface area contributed by atoms with Crippen LogP contribution in [0, 0.1) is 5.82 Å². The molecule has 1 aliphatic rings. The molecule has 0 saturated carbocycles. The zero-order valence-electron chi connectivity index (χ0n) is 12.2. The van der Waals surface area contributed by atoms with Crippen LogP contribution in [-0.2, 0) is 6.54 Å². The van der Waals surface area contributed by atoms with Crippen LogP contribution in [0.2, 0.25) is 0 Å². The average Bonchev–Trinajstić information content (AvgIpc) is 2.96. The molecule has 2 aromatic carbocycles. The van der Waals surface area contributed by atoms with Gasteiger partial charge < -0.3 is 5.11 Å². The summed E-state index contributed by atoms with van der Waals surface area (Å²) < 4.78 is 13.0. The number of aromatic carboxylic acids is 1. The number of hydrogen-bond acceptors (Lipinski definition) is 2. The number of nitrogens with zero attached hydrogens (tertiary/aromatic N) is 1. The first-order chi connectivity index (χ1) is 10.6. The molecule has 0 spiro atoms. The fraction of sp³-hybridized carbons (Fsp3) is 0.278. The molecule has 3 nitrogen and oxygen atoms in total. The number of carboxylic acid groups (broad SMARTS) is 1. The Hall–Kier alpha value is -2.20. The molecular weight excluding hydrogens is 281 g/mol. The molecule has 0 radical (unpaired) electrons. The van der Waals surface area contributed by atoms with Crippen LogP contribution < -0.4 is 0 Å². The molecule has 1 unspecified atom stereocenters. The van der Waals surface area contributed by atoms with Gasteiger partial charge in [-0.1, -0.05) is 24.3 Å². The maximum absolute atomic E-state index is 13.0. The summed E-state index contributed by atoms with van der Waals surface area (Å²) in [4.78, 5) is 13.3. The van der Waals surface area contributed by atoms with E-state index in [2.05, 4.69) is 4.90 Å². The van der Waals surface area contributed by atoms with E-state index >= 15 is 0 Å². The molecule has 1 saturated heterocycles. The van der Waals surface area contributed by atoms with Gasteiger partial charge in [-0.15, -0.1) is 0 Å². The zero-order chi connectivity index (χ0) is 15.5. The van der Waals surface area contributed by atoms with Gasteiger partial charge in [0.1, 0.15) is 5.82 Å². The minimum absolute atomic E-state index is 0.205. The van der Waals surface area contributed by atoms with Crippen molar-refractivity contribution in [1.82, 2.24) is 4.90 Å². The Morgan fingerprint density at radius 3 is 2.73 bits per heavy atom. The lowest BCUT2D eigenvalue weighted by molar-refractivity contribution is 0.0696. The molecule has 1 N–H and O–H groups in total. The summed E-state index contributed by atoms with van der Waals surface area (Å²) in [6, 6.07) is 13.8. The third-order valence-electron chi connectivity index (χ3n) is 4.19. The number of benzene rings is 2. The highest BCUT2D eigenvalue weighted by atomic mass is 19.1. The zero-order valence-corrected chi connectivity index (χ0v) is 12.2. The molecule has 1 fully saturated rings. The predicted octanol–water partition coefficient (Wildman–Crippen LogP) is 3.51. The number of likely N-dealkylation sites (tertiary alicyclic amines) is 1. The lowest BCUT2D eigenvalue weighted by Gasteiger charge is -2.16. The second-order valence-corrected chi connectivity index (χ2v) is 5.78. The maximum atomic E-state index is 13.0. The molecular formula is C18H18FNO2. The smallest absolute Gasteiger partial charge is 0.335 e. The highest BCUT2D eigenvalue weighted by molar-refractivity contribution is 5.87. The van der Waals surface area contributed by atoms with E-state index in [-0.39, 0.29) is 5.82 Å². The predicted molar refractivity (Wildman–Crippen MR) is 82.4 cm³/mol. The Morgan fingerprint density at radius 1 is 1.23 bits per heavy atom. The van der Waals surface area contributed by atoms with E-state index in [9.17, 15) is 9.18 Å². The van der Waals surface area contributed by atoms with Gasteiger partial charge in [-0.05, 0) is 54.3 Å². The lowest BCUT2D eigenvalue weighted by Crippen LogP contribution is -2.20. The number of carboxylic acids is 1. The first-order valence-corrected chi connectivity index (χ1v) is 7.42. The normalized spacial score (nSPS) is 18.5. The van der Waals surface area contributed by atoms with Crippen LogP contribution in [0.5, 0.6) is 0 Å². The van der Waals surface area contributed by atoms with E-state index in [1.165, 1.54) is 17.7 Å². The third kappa shape index (κ3) is 3.34. The molecule has 1 heterocycles. The first kappa shape index (κ1) is 14.7. The van der Waals surface area contributed by atoms with Crippen LogP contribution in [0.3, 0.4) is 0 Å². The molecule has 0 amide bonds. The van der Waals surface area contributed by atoms with Gasteiger partial charge in [0.25, 0.3) is 0 Å². The monoisotopic (exact) mass is 299 g/mol. The van der Waals surface area contributed by atoms with Gasteiger partial charge in [0.05, 0.1) is 5.56 Å². The number of carbonyl (C=O) groups is 1. The summed E-state index contributed by atoms with van der Waals surface area (Å²) >= 11 is 0. The Bertz CT molecular complexity index is 669. The molecule has 4 heteroatoms. The minimum atomic E-state index is -0.896. The molecule has 3 rings (SSSR count). The first-order valence-electron chi connectivity index (χ1n) is 7.42. The molecule has 0 aromatic heterocycles. The molecule has 114 valence electrons. The topological polar surface area (TPSA) is 40.5 Å². The van der Waals surface area contributed by atoms with Gasteiger partial charge in [-0.25, -0.2) is 9.18 Å². The molecule has 22 heavy (non-hydrogen) atoms. The summed E-state index contributed by atoms with van der Waals surface area (Å²) in [7, 11) is 0. The quantitative estimate of drug-likeness (QED) is 0.939. The van der Waals surface area contributed by atoms with Crippen molar-refractivity contribution in [3.05, 3.63) is 71.0 Å². The van der Waals surface area contributed by atoms with Crippen molar-refractivity contribution in [2.45, 2.75) is 18.9 Å². The minimum Gasteiger partial charge on any atom is -0.478 e. The van der Waals surface area contributed by atoms with E-state index in [4.69, 9.17) is 5.11 Å². The maximum Gasteiger partial charge on any atom is 0.335 e. The highest BCUT2D eigenvalue weighted by Crippen LogP contribution is 2.28. The van der Waals surface area contributed by atoms with Crippen molar-refractivity contribution < 1.29 is 14.3 Å². The van der Waals surface area contributed by atoms with Crippen LogP contribution in [-0.4, -0.2) is 29.1 Å². The standard InChI is InChI=1S/C18H18FNO2/c19-17-6-4-14(5-7-17)16-8-9-20(12-16)11-13-2-1-3-15(10-13)18(21)22/h1-7,10,16H,8-9,11-12H2,(H,21,22). The Balaban J connectivity index is 1.64. The Kier molecular flexibility index (Phi) is 4.20. The number of rotatable bonds is 4. The van der Waals surface area contributed by atoms with E-state index in [1.54, 1.807) is 18.2 Å².